The number of ether oxygens (including phenoxy) is 8. The van der Waals surface area contributed by atoms with Crippen molar-refractivity contribution in [3.8, 4) is 0 Å². The maximum atomic E-state index is 14.3. The Balaban J connectivity index is 2.22. The van der Waals surface area contributed by atoms with E-state index in [1.54, 1.807) is 40.9 Å². The molecule has 320 valence electrons. The molecule has 0 saturated carbocycles. The standard InChI is InChI=1S/C41H73NO13/c1-16-18-50-36-27(8)52-30(21-40(36,10)49-15)54-33-25(6)35(55-38-32(44)28(42(12)13)19-23(4)51-38)39(9,48-14)20-22(3)31(43)24(5)34(45)41(11,47)29(17-2)53-37(46)26(33)7/h16,22-30,32-36,38,44-45,47H,1,17-21H2,2-15H3/t22-,23-,24+,25+,26-,27+,28+,29-,30+,32-,33+,34-,35-,36+,38+,39-,40-,41-/m1/s1. The second kappa shape index (κ2) is 19.5. The van der Waals surface area contributed by atoms with Crippen LogP contribution in [0.1, 0.15) is 94.9 Å². The molecule has 0 aromatic rings. The third-order valence-corrected chi connectivity index (χ3v) is 12.6. The van der Waals surface area contributed by atoms with Crippen molar-refractivity contribution < 1.29 is 62.8 Å². The first kappa shape index (κ1) is 47.8. The van der Waals surface area contributed by atoms with E-state index in [1.807, 2.05) is 53.6 Å². The van der Waals surface area contributed by atoms with Gasteiger partial charge in [0.05, 0.1) is 54.2 Å². The summed E-state index contributed by atoms with van der Waals surface area (Å²) in [6.07, 6.45) is -6.12. The number of carbonyl (C=O) groups excluding carboxylic acids is 2. The van der Waals surface area contributed by atoms with Gasteiger partial charge in [-0.15, -0.1) is 6.58 Å². The van der Waals surface area contributed by atoms with E-state index in [4.69, 9.17) is 37.9 Å². The van der Waals surface area contributed by atoms with Gasteiger partial charge in [-0.3, -0.25) is 9.59 Å². The second-order valence-corrected chi connectivity index (χ2v) is 17.2. The molecule has 0 aromatic carbocycles. The molecule has 3 fully saturated rings. The molecule has 0 bridgehead atoms. The second-order valence-electron chi connectivity index (χ2n) is 17.2. The number of aliphatic hydroxyl groups excluding tert-OH is 2. The lowest BCUT2D eigenvalue weighted by Crippen LogP contribution is -2.61. The number of esters is 1. The van der Waals surface area contributed by atoms with Crippen LogP contribution in [0.5, 0.6) is 0 Å². The van der Waals surface area contributed by atoms with E-state index in [-0.39, 0.29) is 37.2 Å². The van der Waals surface area contributed by atoms with Gasteiger partial charge in [-0.05, 0) is 74.9 Å². The van der Waals surface area contributed by atoms with Crippen molar-refractivity contribution in [2.45, 2.75) is 179 Å². The van der Waals surface area contributed by atoms with E-state index in [9.17, 15) is 24.9 Å². The van der Waals surface area contributed by atoms with Crippen LogP contribution in [0.3, 0.4) is 0 Å². The number of nitrogens with zero attached hydrogens (tertiary/aromatic N) is 1. The zero-order valence-electron chi connectivity index (χ0n) is 35.9. The van der Waals surface area contributed by atoms with Crippen molar-refractivity contribution in [1.82, 2.24) is 4.90 Å². The molecule has 3 N–H and O–H groups in total. The Bertz CT molecular complexity index is 1270. The van der Waals surface area contributed by atoms with E-state index in [0.29, 0.717) is 13.0 Å². The fraction of sp³-hybridized carbons (Fsp3) is 0.902. The Labute approximate surface area is 329 Å². The number of hydrogen-bond acceptors (Lipinski definition) is 14. The van der Waals surface area contributed by atoms with Crippen LogP contribution in [0.4, 0.5) is 0 Å². The van der Waals surface area contributed by atoms with Gasteiger partial charge in [0.2, 0.25) is 0 Å². The molecule has 0 amide bonds. The number of methoxy groups -OCH3 is 2. The molecule has 0 spiro atoms. The highest BCUT2D eigenvalue weighted by atomic mass is 16.7. The molecule has 0 aromatic heterocycles. The first-order valence-electron chi connectivity index (χ1n) is 20.0. The molecule has 3 aliphatic rings. The van der Waals surface area contributed by atoms with Crippen LogP contribution in [0, 0.1) is 23.7 Å². The molecular weight excluding hydrogens is 714 g/mol. The topological polar surface area (TPSA) is 172 Å². The predicted molar refractivity (Wildman–Crippen MR) is 205 cm³/mol. The van der Waals surface area contributed by atoms with Gasteiger partial charge < -0.3 is 58.1 Å². The maximum absolute atomic E-state index is 14.3. The van der Waals surface area contributed by atoms with E-state index in [0.717, 1.165) is 0 Å². The number of likely N-dealkylation sites (N-methyl/N-ethyl adjacent to an activating group) is 1. The first-order valence-corrected chi connectivity index (χ1v) is 20.0. The maximum Gasteiger partial charge on any atom is 0.311 e. The fourth-order valence-electron chi connectivity index (χ4n) is 9.06. The highest BCUT2D eigenvalue weighted by Gasteiger charge is 2.54. The van der Waals surface area contributed by atoms with Crippen molar-refractivity contribution in [2.24, 2.45) is 23.7 Å². The van der Waals surface area contributed by atoms with Gasteiger partial charge in [0, 0.05) is 44.4 Å². The van der Waals surface area contributed by atoms with Crippen LogP contribution < -0.4 is 0 Å². The highest BCUT2D eigenvalue weighted by molar-refractivity contribution is 5.83. The minimum atomic E-state index is -1.96. The smallest absolute Gasteiger partial charge is 0.311 e. The monoisotopic (exact) mass is 788 g/mol. The summed E-state index contributed by atoms with van der Waals surface area (Å²) in [5.74, 6) is -4.40. The van der Waals surface area contributed by atoms with Gasteiger partial charge in [0.25, 0.3) is 0 Å². The number of aliphatic hydroxyl groups is 3. The largest absolute Gasteiger partial charge is 0.459 e. The molecule has 3 heterocycles. The average Bonchev–Trinajstić information content (AvgIpc) is 3.13. The van der Waals surface area contributed by atoms with E-state index >= 15 is 0 Å². The Kier molecular flexibility index (Phi) is 16.9. The van der Waals surface area contributed by atoms with Gasteiger partial charge >= 0.3 is 5.97 Å². The molecule has 3 rings (SSSR count). The molecule has 0 unspecified atom stereocenters. The van der Waals surface area contributed by atoms with Crippen LogP contribution in [0.2, 0.25) is 0 Å². The number of cyclic esters (lactones) is 1. The molecule has 55 heavy (non-hydrogen) atoms. The van der Waals surface area contributed by atoms with Crippen LogP contribution >= 0.6 is 0 Å². The van der Waals surface area contributed by atoms with Gasteiger partial charge in [-0.2, -0.15) is 0 Å². The average molecular weight is 788 g/mol. The normalized spacial score (nSPS) is 46.9. The van der Waals surface area contributed by atoms with Crippen molar-refractivity contribution >= 4 is 11.8 Å². The van der Waals surface area contributed by atoms with Gasteiger partial charge in [0.1, 0.15) is 29.7 Å². The van der Waals surface area contributed by atoms with Crippen LogP contribution in [0.15, 0.2) is 12.7 Å². The highest BCUT2D eigenvalue weighted by Crippen LogP contribution is 2.42. The third-order valence-electron chi connectivity index (χ3n) is 12.6. The zero-order chi connectivity index (χ0) is 41.8. The van der Waals surface area contributed by atoms with Gasteiger partial charge in [0.15, 0.2) is 12.6 Å². The van der Waals surface area contributed by atoms with Crippen molar-refractivity contribution in [3.63, 3.8) is 0 Å². The van der Waals surface area contributed by atoms with E-state index < -0.39 is 102 Å². The Morgan fingerprint density at radius 3 is 2.05 bits per heavy atom. The van der Waals surface area contributed by atoms with Gasteiger partial charge in [-0.25, -0.2) is 0 Å². The quantitative estimate of drug-likeness (QED) is 0.205. The number of ketones is 1. The van der Waals surface area contributed by atoms with Crippen molar-refractivity contribution in [2.75, 3.05) is 34.9 Å². The van der Waals surface area contributed by atoms with Gasteiger partial charge in [-0.1, -0.05) is 33.8 Å². The molecular formula is C41H73NO13. The minimum absolute atomic E-state index is 0.121. The van der Waals surface area contributed by atoms with Crippen LogP contribution in [-0.2, 0) is 47.5 Å². The van der Waals surface area contributed by atoms with Crippen LogP contribution in [0.25, 0.3) is 0 Å². The molecule has 3 aliphatic heterocycles. The SMILES string of the molecule is C=CCO[C@H]1[C@H](C)O[C@@H](O[C@H]2[C@H](C)[C@@H](O[C@@H]3O[C@H](C)C[C@H](N(C)C)[C@H]3O)[C@](C)(OC)C[C@@H](C)C(=O)[C@H](C)[C@@H](O)[C@](C)(O)[C@@H](CC)OC(=O)[C@@H]2C)C[C@@]1(C)OC. The summed E-state index contributed by atoms with van der Waals surface area (Å²) in [6, 6.07) is -0.279. The number of hydrogen-bond donors (Lipinski definition) is 3. The minimum Gasteiger partial charge on any atom is -0.459 e. The Morgan fingerprint density at radius 2 is 1.51 bits per heavy atom. The predicted octanol–water partition coefficient (Wildman–Crippen LogP) is 3.65. The summed E-state index contributed by atoms with van der Waals surface area (Å²) < 4.78 is 50.9. The van der Waals surface area contributed by atoms with Crippen molar-refractivity contribution in [1.29, 1.82) is 0 Å². The molecule has 14 nitrogen and oxygen atoms in total. The van der Waals surface area contributed by atoms with E-state index in [2.05, 4.69) is 6.58 Å². The molecule has 14 heteroatoms. The first-order chi connectivity index (χ1) is 25.5. The zero-order valence-corrected chi connectivity index (χ0v) is 35.9. The lowest BCUT2D eigenvalue weighted by molar-refractivity contribution is -0.321. The number of carbonyl (C=O) groups is 2. The summed E-state index contributed by atoms with van der Waals surface area (Å²) in [5, 5.41) is 34.8. The molecule has 0 radical (unpaired) electrons. The number of Topliss-reactive ketones (excluding diaryl/α,β-unsaturated/α-hetero) is 1. The Hall–Kier alpha value is -1.56. The Morgan fingerprint density at radius 1 is 0.909 bits per heavy atom. The van der Waals surface area contributed by atoms with E-state index in [1.165, 1.54) is 14.0 Å². The lowest BCUT2D eigenvalue weighted by atomic mass is 9.74. The molecule has 18 atom stereocenters. The summed E-state index contributed by atoms with van der Waals surface area (Å²) in [7, 11) is 6.90. The molecule has 0 aliphatic carbocycles. The third kappa shape index (κ3) is 10.6. The summed E-state index contributed by atoms with van der Waals surface area (Å²) in [6.45, 7) is 21.6. The molecule has 3 saturated heterocycles. The van der Waals surface area contributed by atoms with Crippen LogP contribution in [-0.4, -0.2) is 151 Å². The lowest BCUT2D eigenvalue weighted by Gasteiger charge is -2.50. The number of rotatable bonds is 11. The fourth-order valence-corrected chi connectivity index (χ4v) is 9.06. The summed E-state index contributed by atoms with van der Waals surface area (Å²) in [4.78, 5) is 30.3. The summed E-state index contributed by atoms with van der Waals surface area (Å²) in [5.41, 5.74) is -4.05. The summed E-state index contributed by atoms with van der Waals surface area (Å²) >= 11 is 0. The van der Waals surface area contributed by atoms with Crippen molar-refractivity contribution in [3.05, 3.63) is 12.7 Å².